The third kappa shape index (κ3) is 2.26. The molecule has 1 aliphatic heterocycles. The van der Waals surface area contributed by atoms with Gasteiger partial charge in [-0.3, -0.25) is 9.59 Å². The maximum Gasteiger partial charge on any atom is 0.254 e. The molecular formula is C18H17ClN2O3. The summed E-state index contributed by atoms with van der Waals surface area (Å²) < 4.78 is 5.38. The molecule has 2 aliphatic carbocycles. The Bertz CT molecular complexity index is 744. The second kappa shape index (κ2) is 5.74. The Balaban J connectivity index is 1.54. The summed E-state index contributed by atoms with van der Waals surface area (Å²) >= 11 is 6.14. The van der Waals surface area contributed by atoms with Crippen LogP contribution in [0.4, 0.5) is 0 Å². The fourth-order valence-electron chi connectivity index (χ4n) is 3.99. The lowest BCUT2D eigenvalue weighted by molar-refractivity contribution is -0.140. The third-order valence-corrected chi connectivity index (χ3v) is 5.32. The van der Waals surface area contributed by atoms with Gasteiger partial charge >= 0.3 is 0 Å². The van der Waals surface area contributed by atoms with Crippen molar-refractivity contribution in [2.75, 3.05) is 6.61 Å². The number of ether oxygens (including phenoxy) is 1. The predicted octanol–water partition coefficient (Wildman–Crippen LogP) is 2.88. The number of amides is 2. The molecule has 4 rings (SSSR count). The Morgan fingerprint density at radius 1 is 1.25 bits per heavy atom. The van der Waals surface area contributed by atoms with Gasteiger partial charge in [0, 0.05) is 0 Å². The number of rotatable bonds is 4. The highest BCUT2D eigenvalue weighted by atomic mass is 35.5. The lowest BCUT2D eigenvalue weighted by Gasteiger charge is -2.13. The normalized spacial score (nSPS) is 30.7. The van der Waals surface area contributed by atoms with E-state index in [9.17, 15) is 9.59 Å². The third-order valence-electron chi connectivity index (χ3n) is 5.03. The molecule has 2 amide bonds. The minimum absolute atomic E-state index is 0.185. The Morgan fingerprint density at radius 2 is 1.92 bits per heavy atom. The molecule has 24 heavy (non-hydrogen) atoms. The summed E-state index contributed by atoms with van der Waals surface area (Å²) in [7, 11) is 0. The number of nitrogens with zero attached hydrogens (tertiary/aromatic N) is 2. The SMILES string of the molecule is CCOc1ccc(C=NN2C(=O)[C@@H]3[C@H](C2=O)[C@H]2C=C[C@H]3C2)cc1Cl. The number of hydrogen-bond acceptors (Lipinski definition) is 4. The van der Waals surface area contributed by atoms with Crippen LogP contribution < -0.4 is 4.74 Å². The fraction of sp³-hybridized carbons (Fsp3) is 0.389. The summed E-state index contributed by atoms with van der Waals surface area (Å²) in [6, 6.07) is 5.24. The molecule has 1 aromatic carbocycles. The van der Waals surface area contributed by atoms with Crippen LogP contribution in [-0.4, -0.2) is 29.6 Å². The molecule has 3 aliphatic rings. The zero-order valence-electron chi connectivity index (χ0n) is 13.2. The van der Waals surface area contributed by atoms with Crippen molar-refractivity contribution in [1.82, 2.24) is 5.01 Å². The molecule has 1 aromatic rings. The second-order valence-electron chi connectivity index (χ2n) is 6.36. The van der Waals surface area contributed by atoms with Crippen LogP contribution in [0.2, 0.25) is 5.02 Å². The topological polar surface area (TPSA) is 59.0 Å². The minimum Gasteiger partial charge on any atom is -0.492 e. The van der Waals surface area contributed by atoms with Crippen molar-refractivity contribution in [3.63, 3.8) is 0 Å². The van der Waals surface area contributed by atoms with Crippen molar-refractivity contribution in [3.05, 3.63) is 40.9 Å². The number of carbonyl (C=O) groups is 2. The van der Waals surface area contributed by atoms with Crippen molar-refractivity contribution in [3.8, 4) is 5.75 Å². The molecule has 0 N–H and O–H groups in total. The van der Waals surface area contributed by atoms with Gasteiger partial charge in [-0.1, -0.05) is 23.8 Å². The minimum atomic E-state index is -0.228. The summed E-state index contributed by atoms with van der Waals surface area (Å²) in [5.41, 5.74) is 0.710. The molecule has 124 valence electrons. The molecule has 1 heterocycles. The molecule has 2 bridgehead atoms. The van der Waals surface area contributed by atoms with Crippen molar-refractivity contribution >= 4 is 29.6 Å². The van der Waals surface area contributed by atoms with Crippen molar-refractivity contribution < 1.29 is 14.3 Å². The molecule has 5 nitrogen and oxygen atoms in total. The first-order valence-electron chi connectivity index (χ1n) is 8.12. The molecule has 1 saturated carbocycles. The van der Waals surface area contributed by atoms with Gasteiger partial charge in [0.25, 0.3) is 11.8 Å². The number of benzene rings is 1. The highest BCUT2D eigenvalue weighted by molar-refractivity contribution is 6.32. The van der Waals surface area contributed by atoms with E-state index >= 15 is 0 Å². The van der Waals surface area contributed by atoms with Gasteiger partial charge in [-0.2, -0.15) is 10.1 Å². The van der Waals surface area contributed by atoms with Gasteiger partial charge in [-0.15, -0.1) is 0 Å². The van der Waals surface area contributed by atoms with Crippen LogP contribution in [0.15, 0.2) is 35.5 Å². The van der Waals surface area contributed by atoms with E-state index < -0.39 is 0 Å². The molecule has 0 spiro atoms. The van der Waals surface area contributed by atoms with E-state index in [4.69, 9.17) is 16.3 Å². The number of halogens is 1. The standard InChI is InChI=1S/C18H17ClN2O3/c1-2-24-14-6-3-10(7-13(14)19)9-20-21-17(22)15-11-4-5-12(8-11)16(15)18(21)23/h3-7,9,11-12,15-16H,2,8H2,1H3/t11-,12-,15-,16+/m0/s1. The molecule has 0 aromatic heterocycles. The lowest BCUT2D eigenvalue weighted by atomic mass is 9.85. The zero-order chi connectivity index (χ0) is 16.8. The van der Waals surface area contributed by atoms with Crippen LogP contribution in [0.3, 0.4) is 0 Å². The van der Waals surface area contributed by atoms with Crippen LogP contribution in [-0.2, 0) is 9.59 Å². The molecule has 0 radical (unpaired) electrons. The predicted molar refractivity (Wildman–Crippen MR) is 89.8 cm³/mol. The van der Waals surface area contributed by atoms with E-state index in [-0.39, 0.29) is 35.5 Å². The Labute approximate surface area is 144 Å². The van der Waals surface area contributed by atoms with Crippen LogP contribution >= 0.6 is 11.6 Å². The van der Waals surface area contributed by atoms with E-state index in [1.54, 1.807) is 18.2 Å². The van der Waals surface area contributed by atoms with E-state index in [1.165, 1.54) is 6.21 Å². The average molecular weight is 345 g/mol. The monoisotopic (exact) mass is 344 g/mol. The smallest absolute Gasteiger partial charge is 0.254 e. The first-order valence-corrected chi connectivity index (χ1v) is 8.50. The number of carbonyl (C=O) groups excluding carboxylic acids is 2. The van der Waals surface area contributed by atoms with Gasteiger partial charge < -0.3 is 4.74 Å². The van der Waals surface area contributed by atoms with Gasteiger partial charge in [0.15, 0.2) is 0 Å². The summed E-state index contributed by atoms with van der Waals surface area (Å²) in [4.78, 5) is 25.1. The Kier molecular flexibility index (Phi) is 3.68. The first-order chi connectivity index (χ1) is 11.6. The summed E-state index contributed by atoms with van der Waals surface area (Å²) in [6.45, 7) is 2.41. The molecule has 2 fully saturated rings. The quantitative estimate of drug-likeness (QED) is 0.479. The maximum atomic E-state index is 12.5. The van der Waals surface area contributed by atoms with E-state index in [2.05, 4.69) is 17.3 Å². The summed E-state index contributed by atoms with van der Waals surface area (Å²) in [5, 5.41) is 5.64. The van der Waals surface area contributed by atoms with Gasteiger partial charge in [0.1, 0.15) is 5.75 Å². The molecule has 6 heteroatoms. The number of hydrazone groups is 1. The maximum absolute atomic E-state index is 12.5. The summed E-state index contributed by atoms with van der Waals surface area (Å²) in [5.74, 6) is 0.155. The number of imide groups is 1. The summed E-state index contributed by atoms with van der Waals surface area (Å²) in [6.07, 6.45) is 6.54. The second-order valence-corrected chi connectivity index (χ2v) is 6.76. The zero-order valence-corrected chi connectivity index (χ0v) is 13.9. The van der Waals surface area contributed by atoms with Gasteiger partial charge in [-0.05, 0) is 48.9 Å². The van der Waals surface area contributed by atoms with Crippen molar-refractivity contribution in [2.45, 2.75) is 13.3 Å². The number of allylic oxidation sites excluding steroid dienone is 2. The number of fused-ring (bicyclic) bond motifs is 5. The van der Waals surface area contributed by atoms with Crippen LogP contribution in [0.5, 0.6) is 5.75 Å². The van der Waals surface area contributed by atoms with Crippen molar-refractivity contribution in [1.29, 1.82) is 0 Å². The van der Waals surface area contributed by atoms with Gasteiger partial charge in [-0.25, -0.2) is 0 Å². The van der Waals surface area contributed by atoms with Crippen LogP contribution in [0.1, 0.15) is 18.9 Å². The van der Waals surface area contributed by atoms with Crippen LogP contribution in [0.25, 0.3) is 0 Å². The Morgan fingerprint density at radius 3 is 2.50 bits per heavy atom. The lowest BCUT2D eigenvalue weighted by Crippen LogP contribution is -2.28. The molecular weight excluding hydrogens is 328 g/mol. The largest absolute Gasteiger partial charge is 0.492 e. The molecule has 4 atom stereocenters. The highest BCUT2D eigenvalue weighted by Crippen LogP contribution is 2.52. The van der Waals surface area contributed by atoms with Gasteiger partial charge in [0.05, 0.1) is 29.7 Å². The van der Waals surface area contributed by atoms with E-state index in [0.717, 1.165) is 11.4 Å². The number of hydrogen-bond donors (Lipinski definition) is 0. The average Bonchev–Trinajstić information content (AvgIpc) is 3.23. The van der Waals surface area contributed by atoms with E-state index in [1.807, 2.05) is 6.92 Å². The Hall–Kier alpha value is -2.14. The molecule has 1 saturated heterocycles. The molecule has 0 unspecified atom stereocenters. The highest BCUT2D eigenvalue weighted by Gasteiger charge is 2.59. The first kappa shape index (κ1) is 15.4. The fourth-order valence-corrected chi connectivity index (χ4v) is 4.24. The van der Waals surface area contributed by atoms with Crippen LogP contribution in [0, 0.1) is 23.7 Å². The van der Waals surface area contributed by atoms with Crippen molar-refractivity contribution in [2.24, 2.45) is 28.8 Å². The van der Waals surface area contributed by atoms with Gasteiger partial charge in [0.2, 0.25) is 0 Å². The van der Waals surface area contributed by atoms with E-state index in [0.29, 0.717) is 22.9 Å².